The minimum Gasteiger partial charge on any atom is -0.315 e. The predicted octanol–water partition coefficient (Wildman–Crippen LogP) is 3.25. The normalized spacial score (nSPS) is 20.1. The molecule has 0 saturated carbocycles. The van der Waals surface area contributed by atoms with Crippen LogP contribution in [0.5, 0.6) is 0 Å². The largest absolute Gasteiger partial charge is 0.315 e. The second-order valence-corrected chi connectivity index (χ2v) is 5.76. The third-order valence-corrected chi connectivity index (χ3v) is 4.39. The first-order chi connectivity index (χ1) is 9.85. The van der Waals surface area contributed by atoms with E-state index in [1.165, 1.54) is 44.3 Å². The zero-order valence-corrected chi connectivity index (χ0v) is 12.7. The highest BCUT2D eigenvalue weighted by Crippen LogP contribution is 2.17. The molecule has 1 fully saturated rings. The molecule has 2 atom stereocenters. The van der Waals surface area contributed by atoms with Crippen molar-refractivity contribution in [2.24, 2.45) is 0 Å². The Balaban J connectivity index is 2.04. The average molecular weight is 272 g/mol. The molecule has 2 nitrogen and oxygen atoms in total. The van der Waals surface area contributed by atoms with Gasteiger partial charge in [0.2, 0.25) is 0 Å². The summed E-state index contributed by atoms with van der Waals surface area (Å²) in [4.78, 5) is 2.62. The Morgan fingerprint density at radius 3 is 2.35 bits per heavy atom. The number of likely N-dealkylation sites (N-methyl/N-ethyl adjacent to an activating group) is 1. The maximum Gasteiger partial charge on any atom is 0.0432 e. The zero-order chi connectivity index (χ0) is 14.2. The fourth-order valence-electron chi connectivity index (χ4n) is 3.22. The Morgan fingerprint density at radius 2 is 1.80 bits per heavy atom. The molecular weight excluding hydrogens is 244 g/mol. The number of rotatable bonds is 6. The molecule has 2 rings (SSSR count). The highest BCUT2D eigenvalue weighted by molar-refractivity contribution is 5.17. The lowest BCUT2D eigenvalue weighted by Gasteiger charge is -2.34. The van der Waals surface area contributed by atoms with Crippen molar-refractivity contribution in [2.75, 3.05) is 20.1 Å². The first kappa shape index (κ1) is 15.3. The fraction of sp³-hybridized carbons (Fsp3) is 0.556. The van der Waals surface area contributed by atoms with Crippen molar-refractivity contribution >= 4 is 0 Å². The lowest BCUT2D eigenvalue weighted by molar-refractivity contribution is 0.199. The molecule has 20 heavy (non-hydrogen) atoms. The van der Waals surface area contributed by atoms with Gasteiger partial charge in [0.05, 0.1) is 0 Å². The molecule has 0 radical (unpaired) electrons. The van der Waals surface area contributed by atoms with Crippen LogP contribution < -0.4 is 5.32 Å². The Kier molecular flexibility index (Phi) is 6.28. The molecule has 1 aliphatic heterocycles. The molecule has 1 aromatic rings. The monoisotopic (exact) mass is 272 g/mol. The van der Waals surface area contributed by atoms with Crippen LogP contribution >= 0.6 is 0 Å². The summed E-state index contributed by atoms with van der Waals surface area (Å²) in [7, 11) is 2.07. The van der Waals surface area contributed by atoms with E-state index in [1.54, 1.807) is 0 Å². The van der Waals surface area contributed by atoms with Crippen LogP contribution in [0.15, 0.2) is 43.0 Å². The second kappa shape index (κ2) is 8.23. The molecule has 1 aliphatic rings. The van der Waals surface area contributed by atoms with Crippen molar-refractivity contribution in [3.05, 3.63) is 48.6 Å². The fourth-order valence-corrected chi connectivity index (χ4v) is 3.22. The van der Waals surface area contributed by atoms with Gasteiger partial charge < -0.3 is 5.32 Å². The molecule has 0 spiro atoms. The van der Waals surface area contributed by atoms with Gasteiger partial charge >= 0.3 is 0 Å². The Bertz CT molecular complexity index is 380. The molecule has 0 bridgehead atoms. The van der Waals surface area contributed by atoms with E-state index in [-0.39, 0.29) is 0 Å². The molecule has 2 heteroatoms. The van der Waals surface area contributed by atoms with E-state index in [0.717, 1.165) is 6.42 Å². The maximum absolute atomic E-state index is 4.10. The van der Waals surface area contributed by atoms with Crippen LogP contribution in [0, 0.1) is 0 Å². The summed E-state index contributed by atoms with van der Waals surface area (Å²) in [5, 5.41) is 3.51. The average Bonchev–Trinajstić information content (AvgIpc) is 2.77. The Hall–Kier alpha value is -1.12. The lowest BCUT2D eigenvalue weighted by atomic mass is 9.98. The number of nitrogens with one attached hydrogen (secondary N) is 1. The molecule has 0 aromatic heterocycles. The highest BCUT2D eigenvalue weighted by atomic mass is 15.2. The molecule has 1 N–H and O–H groups in total. The minimum absolute atomic E-state index is 0.429. The smallest absolute Gasteiger partial charge is 0.0432 e. The topological polar surface area (TPSA) is 15.3 Å². The van der Waals surface area contributed by atoms with Crippen molar-refractivity contribution in [3.63, 3.8) is 0 Å². The zero-order valence-electron chi connectivity index (χ0n) is 12.7. The summed E-state index contributed by atoms with van der Waals surface area (Å²) in [5.74, 6) is 0. The van der Waals surface area contributed by atoms with Gasteiger partial charge in [-0.1, -0.05) is 49.2 Å². The van der Waals surface area contributed by atoms with Crippen LogP contribution in [0.1, 0.15) is 31.2 Å². The standard InChI is InChI=1S/C18H28N2/c1-3-18(20-13-9-4-5-10-14-20)17(19-2)15-16-11-7-6-8-12-16/h3,6-8,11-12,17-19H,1,4-5,9-10,13-15H2,2H3. The van der Waals surface area contributed by atoms with E-state index in [0.29, 0.717) is 12.1 Å². The summed E-state index contributed by atoms with van der Waals surface area (Å²) >= 11 is 0. The van der Waals surface area contributed by atoms with Crippen LogP contribution in [0.4, 0.5) is 0 Å². The van der Waals surface area contributed by atoms with Crippen LogP contribution in [0.2, 0.25) is 0 Å². The molecule has 1 aromatic carbocycles. The highest BCUT2D eigenvalue weighted by Gasteiger charge is 2.24. The number of benzene rings is 1. The number of hydrogen-bond donors (Lipinski definition) is 1. The molecule has 0 amide bonds. The van der Waals surface area contributed by atoms with Gasteiger partial charge in [0.25, 0.3) is 0 Å². The molecule has 1 saturated heterocycles. The number of likely N-dealkylation sites (tertiary alicyclic amines) is 1. The maximum atomic E-state index is 4.10. The molecule has 110 valence electrons. The summed E-state index contributed by atoms with van der Waals surface area (Å²) in [5.41, 5.74) is 1.40. The van der Waals surface area contributed by atoms with E-state index in [1.807, 2.05) is 0 Å². The van der Waals surface area contributed by atoms with E-state index in [9.17, 15) is 0 Å². The minimum atomic E-state index is 0.429. The Labute approximate surface area is 123 Å². The molecular formula is C18H28N2. The van der Waals surface area contributed by atoms with Gasteiger partial charge in [-0.3, -0.25) is 4.90 Å². The molecule has 0 aliphatic carbocycles. The summed E-state index contributed by atoms with van der Waals surface area (Å²) < 4.78 is 0. The second-order valence-electron chi connectivity index (χ2n) is 5.76. The number of nitrogens with zero attached hydrogens (tertiary/aromatic N) is 1. The first-order valence-electron chi connectivity index (χ1n) is 7.93. The third kappa shape index (κ3) is 4.19. The van der Waals surface area contributed by atoms with Crippen molar-refractivity contribution in [1.29, 1.82) is 0 Å². The summed E-state index contributed by atoms with van der Waals surface area (Å²) in [6.45, 7) is 6.52. The first-order valence-corrected chi connectivity index (χ1v) is 7.93. The predicted molar refractivity (Wildman–Crippen MR) is 87.0 cm³/mol. The quantitative estimate of drug-likeness (QED) is 0.800. The van der Waals surface area contributed by atoms with Crippen LogP contribution in [0.25, 0.3) is 0 Å². The van der Waals surface area contributed by atoms with Crippen LogP contribution in [-0.2, 0) is 6.42 Å². The van der Waals surface area contributed by atoms with Crippen molar-refractivity contribution in [2.45, 2.75) is 44.2 Å². The SMILES string of the molecule is C=CC(C(Cc1ccccc1)NC)N1CCCCCC1. The van der Waals surface area contributed by atoms with E-state index < -0.39 is 0 Å². The van der Waals surface area contributed by atoms with Crippen molar-refractivity contribution < 1.29 is 0 Å². The summed E-state index contributed by atoms with van der Waals surface area (Å²) in [6, 6.07) is 11.6. The molecule has 2 unspecified atom stereocenters. The van der Waals surface area contributed by atoms with Crippen molar-refractivity contribution in [3.8, 4) is 0 Å². The number of hydrogen-bond acceptors (Lipinski definition) is 2. The Morgan fingerprint density at radius 1 is 1.15 bits per heavy atom. The van der Waals surface area contributed by atoms with Crippen LogP contribution in [0.3, 0.4) is 0 Å². The van der Waals surface area contributed by atoms with Gasteiger partial charge in [-0.15, -0.1) is 6.58 Å². The van der Waals surface area contributed by atoms with Gasteiger partial charge in [0.15, 0.2) is 0 Å². The van der Waals surface area contributed by atoms with Gasteiger partial charge in [-0.05, 0) is 45.0 Å². The van der Waals surface area contributed by atoms with E-state index in [2.05, 4.69) is 60.3 Å². The van der Waals surface area contributed by atoms with Crippen LogP contribution in [-0.4, -0.2) is 37.1 Å². The molecule has 1 heterocycles. The van der Waals surface area contributed by atoms with E-state index in [4.69, 9.17) is 0 Å². The lowest BCUT2D eigenvalue weighted by Crippen LogP contribution is -2.49. The van der Waals surface area contributed by atoms with Gasteiger partial charge in [-0.2, -0.15) is 0 Å². The van der Waals surface area contributed by atoms with E-state index >= 15 is 0 Å². The third-order valence-electron chi connectivity index (χ3n) is 4.39. The van der Waals surface area contributed by atoms with Crippen molar-refractivity contribution in [1.82, 2.24) is 10.2 Å². The summed E-state index contributed by atoms with van der Waals surface area (Å²) in [6.07, 6.45) is 8.60. The van der Waals surface area contributed by atoms with Gasteiger partial charge in [-0.25, -0.2) is 0 Å². The van der Waals surface area contributed by atoms with Gasteiger partial charge in [0, 0.05) is 12.1 Å². The van der Waals surface area contributed by atoms with Gasteiger partial charge in [0.1, 0.15) is 0 Å².